The molecule has 1 rings (SSSR count). The molecule has 0 aliphatic carbocycles. The molecule has 1 fully saturated rings. The fraction of sp³-hybridized carbons (Fsp3) is 0.895. The molecule has 0 aromatic carbocycles. The number of nitrogens with one attached hydrogen (secondary N) is 1. The van der Waals surface area contributed by atoms with Gasteiger partial charge in [-0.3, -0.25) is 0 Å². The lowest BCUT2D eigenvalue weighted by Gasteiger charge is -2.42. The maximum Gasteiger partial charge on any atom is 0.408 e. The monoisotopic (exact) mass is 403 g/mol. The molecule has 1 heterocycles. The lowest BCUT2D eigenvalue weighted by atomic mass is 10.1. The van der Waals surface area contributed by atoms with Gasteiger partial charge in [0.05, 0.1) is 6.61 Å². The summed E-state index contributed by atoms with van der Waals surface area (Å²) in [5.74, 6) is -0.765. The Hall–Kier alpha value is -0.963. The molecule has 0 aromatic heterocycles. The first-order chi connectivity index (χ1) is 12.0. The van der Waals surface area contributed by atoms with Crippen molar-refractivity contribution in [3.8, 4) is 0 Å². The zero-order valence-corrected chi connectivity index (χ0v) is 19.5. The van der Waals surface area contributed by atoms with Crippen LogP contribution in [0.15, 0.2) is 0 Å². The largest absolute Gasteiger partial charge is 0.444 e. The van der Waals surface area contributed by atoms with Gasteiger partial charge >= 0.3 is 6.09 Å². The molecule has 0 radical (unpaired) electrons. The van der Waals surface area contributed by atoms with Gasteiger partial charge in [-0.05, 0) is 52.8 Å². The lowest BCUT2D eigenvalue weighted by Crippen LogP contribution is -2.57. The molecule has 3 atom stereocenters. The van der Waals surface area contributed by atoms with Crippen LogP contribution in [0.2, 0.25) is 18.1 Å². The third-order valence-corrected chi connectivity index (χ3v) is 9.29. The molecule has 8 heteroatoms. The first kappa shape index (κ1) is 24.1. The predicted molar refractivity (Wildman–Crippen MR) is 106 cm³/mol. The summed E-state index contributed by atoms with van der Waals surface area (Å²) in [6.07, 6.45) is -1.13. The molecule has 0 unspecified atom stereocenters. The Morgan fingerprint density at radius 2 is 1.78 bits per heavy atom. The summed E-state index contributed by atoms with van der Waals surface area (Å²) < 4.78 is 23.4. The molecule has 7 nitrogen and oxygen atoms in total. The van der Waals surface area contributed by atoms with E-state index in [0.717, 1.165) is 0 Å². The van der Waals surface area contributed by atoms with Gasteiger partial charge < -0.3 is 28.7 Å². The average Bonchev–Trinajstić information content (AvgIpc) is 2.79. The van der Waals surface area contributed by atoms with Gasteiger partial charge in [0.15, 0.2) is 14.1 Å². The normalized spacial score (nSPS) is 22.8. The van der Waals surface area contributed by atoms with Gasteiger partial charge in [-0.25, -0.2) is 4.79 Å². The Bertz CT molecular complexity index is 535. The molecule has 1 amide bonds. The number of amides is 1. The standard InChI is InChI=1S/C19H37NO6Si/c1-17(2,3)25-16(22)20-13(11-21)15(14-12-23-19(7,8)24-14)26-27(9,10)18(4,5)6/h11,13-15H,12H2,1-10H3,(H,20,22)/t13-,14-,15+/m0/s1. The van der Waals surface area contributed by atoms with Crippen molar-refractivity contribution in [1.82, 2.24) is 5.32 Å². The van der Waals surface area contributed by atoms with Gasteiger partial charge in [-0.2, -0.15) is 0 Å². The fourth-order valence-corrected chi connectivity index (χ4v) is 3.74. The number of rotatable bonds is 6. The quantitative estimate of drug-likeness (QED) is 0.539. The number of carbonyl (C=O) groups excluding carboxylic acids is 2. The Morgan fingerprint density at radius 3 is 2.15 bits per heavy atom. The van der Waals surface area contributed by atoms with E-state index in [9.17, 15) is 9.59 Å². The first-order valence-electron chi connectivity index (χ1n) is 9.42. The minimum atomic E-state index is -2.25. The van der Waals surface area contributed by atoms with Crippen LogP contribution < -0.4 is 5.32 Å². The minimum absolute atomic E-state index is 0.0699. The van der Waals surface area contributed by atoms with E-state index in [2.05, 4.69) is 39.2 Å². The number of carbonyl (C=O) groups is 2. The van der Waals surface area contributed by atoms with E-state index in [1.54, 1.807) is 20.8 Å². The first-order valence-corrected chi connectivity index (χ1v) is 12.3. The van der Waals surface area contributed by atoms with Gasteiger partial charge in [0.1, 0.15) is 30.1 Å². The summed E-state index contributed by atoms with van der Waals surface area (Å²) in [6, 6.07) is -0.906. The Morgan fingerprint density at radius 1 is 1.22 bits per heavy atom. The molecule has 0 saturated carbocycles. The second-order valence-electron chi connectivity index (χ2n) is 10.0. The number of ether oxygens (including phenoxy) is 3. The van der Waals surface area contributed by atoms with Crippen LogP contribution in [0.25, 0.3) is 0 Å². The number of aldehydes is 1. The van der Waals surface area contributed by atoms with Gasteiger partial charge in [-0.15, -0.1) is 0 Å². The summed E-state index contributed by atoms with van der Waals surface area (Å²) in [5, 5.41) is 2.56. The van der Waals surface area contributed by atoms with E-state index < -0.39 is 44.0 Å². The Labute approximate surface area is 164 Å². The summed E-state index contributed by atoms with van der Waals surface area (Å²) in [4.78, 5) is 24.1. The van der Waals surface area contributed by atoms with E-state index in [4.69, 9.17) is 18.6 Å². The molecule has 0 bridgehead atoms. The van der Waals surface area contributed by atoms with Crippen LogP contribution in [-0.4, -0.2) is 56.9 Å². The third kappa shape index (κ3) is 7.17. The smallest absolute Gasteiger partial charge is 0.408 e. The van der Waals surface area contributed by atoms with Crippen molar-refractivity contribution in [1.29, 1.82) is 0 Å². The van der Waals surface area contributed by atoms with E-state index in [-0.39, 0.29) is 11.6 Å². The molecule has 0 aromatic rings. The number of hydrogen-bond acceptors (Lipinski definition) is 6. The molecule has 1 N–H and O–H groups in total. The highest BCUT2D eigenvalue weighted by Crippen LogP contribution is 2.39. The van der Waals surface area contributed by atoms with Crippen molar-refractivity contribution in [3.63, 3.8) is 0 Å². The molecule has 27 heavy (non-hydrogen) atoms. The maximum absolute atomic E-state index is 12.2. The van der Waals surface area contributed by atoms with Gasteiger partial charge in [0.2, 0.25) is 0 Å². The van der Waals surface area contributed by atoms with Crippen molar-refractivity contribution in [2.45, 2.75) is 103 Å². The van der Waals surface area contributed by atoms with E-state index in [0.29, 0.717) is 6.29 Å². The molecular weight excluding hydrogens is 366 g/mol. The molecule has 1 saturated heterocycles. The highest BCUT2D eigenvalue weighted by atomic mass is 28.4. The summed E-state index contributed by atoms with van der Waals surface area (Å²) in [6.45, 7) is 19.7. The van der Waals surface area contributed by atoms with Crippen LogP contribution >= 0.6 is 0 Å². The molecular formula is C19H37NO6Si. The van der Waals surface area contributed by atoms with E-state index >= 15 is 0 Å². The van der Waals surface area contributed by atoms with Crippen molar-refractivity contribution < 1.29 is 28.2 Å². The predicted octanol–water partition coefficient (Wildman–Crippen LogP) is 3.62. The molecule has 158 valence electrons. The van der Waals surface area contributed by atoms with Gasteiger partial charge in [0, 0.05) is 0 Å². The molecule has 0 spiro atoms. The number of hydrogen-bond donors (Lipinski definition) is 1. The summed E-state index contributed by atoms with van der Waals surface area (Å²) in [5.41, 5.74) is -0.664. The Balaban J connectivity index is 3.07. The third-order valence-electron chi connectivity index (χ3n) is 4.82. The highest BCUT2D eigenvalue weighted by molar-refractivity contribution is 6.74. The van der Waals surface area contributed by atoms with Crippen LogP contribution in [0.3, 0.4) is 0 Å². The van der Waals surface area contributed by atoms with Crippen molar-refractivity contribution in [3.05, 3.63) is 0 Å². The van der Waals surface area contributed by atoms with Crippen LogP contribution in [0, 0.1) is 0 Å². The van der Waals surface area contributed by atoms with Crippen molar-refractivity contribution >= 4 is 20.7 Å². The van der Waals surface area contributed by atoms with Crippen LogP contribution in [0.4, 0.5) is 4.79 Å². The average molecular weight is 404 g/mol. The molecule has 1 aliphatic heterocycles. The topological polar surface area (TPSA) is 83.1 Å². The zero-order valence-electron chi connectivity index (χ0n) is 18.5. The summed E-state index contributed by atoms with van der Waals surface area (Å²) >= 11 is 0. The summed E-state index contributed by atoms with van der Waals surface area (Å²) in [7, 11) is -2.25. The SMILES string of the molecule is CC(C)(C)OC(=O)N[C@@H](C=O)[C@@H](O[Si](C)(C)C(C)(C)C)[C@@H]1COC(C)(C)O1. The Kier molecular flexibility index (Phi) is 7.30. The second kappa shape index (κ2) is 8.19. The highest BCUT2D eigenvalue weighted by Gasteiger charge is 2.47. The van der Waals surface area contributed by atoms with Gasteiger partial charge in [0.25, 0.3) is 0 Å². The van der Waals surface area contributed by atoms with Crippen LogP contribution in [-0.2, 0) is 23.4 Å². The second-order valence-corrected chi connectivity index (χ2v) is 14.8. The minimum Gasteiger partial charge on any atom is -0.444 e. The van der Waals surface area contributed by atoms with E-state index in [1.807, 2.05) is 13.8 Å². The lowest BCUT2D eigenvalue weighted by molar-refractivity contribution is -0.152. The maximum atomic E-state index is 12.2. The van der Waals surface area contributed by atoms with Crippen molar-refractivity contribution in [2.24, 2.45) is 0 Å². The zero-order chi connectivity index (χ0) is 21.3. The number of alkyl carbamates (subject to hydrolysis) is 1. The molecule has 1 aliphatic rings. The van der Waals surface area contributed by atoms with Gasteiger partial charge in [-0.1, -0.05) is 20.8 Å². The fourth-order valence-electron chi connectivity index (χ4n) is 2.41. The van der Waals surface area contributed by atoms with E-state index in [1.165, 1.54) is 0 Å². The van der Waals surface area contributed by atoms with Crippen molar-refractivity contribution in [2.75, 3.05) is 6.61 Å². The van der Waals surface area contributed by atoms with Crippen LogP contribution in [0.5, 0.6) is 0 Å². The van der Waals surface area contributed by atoms with Crippen LogP contribution in [0.1, 0.15) is 55.4 Å².